The molecule has 0 fully saturated rings. The molecule has 0 bridgehead atoms. The van der Waals surface area contributed by atoms with Gasteiger partial charge in [0.1, 0.15) is 4.21 Å². The van der Waals surface area contributed by atoms with Crippen LogP contribution in [-0.2, 0) is 10.0 Å². The second-order valence-corrected chi connectivity index (χ2v) is 8.68. The van der Waals surface area contributed by atoms with Crippen LogP contribution in [0.4, 0.5) is 17.1 Å². The normalized spacial score (nSPS) is 11.2. The van der Waals surface area contributed by atoms with Crippen molar-refractivity contribution in [3.05, 3.63) is 71.1 Å². The molecular weight excluding hydrogens is 340 g/mol. The second-order valence-electron chi connectivity index (χ2n) is 5.49. The predicted molar refractivity (Wildman–Crippen MR) is 101 cm³/mol. The highest BCUT2D eigenvalue weighted by molar-refractivity contribution is 7.94. The molecule has 0 aliphatic carbocycles. The summed E-state index contributed by atoms with van der Waals surface area (Å²) >= 11 is 1.26. The van der Waals surface area contributed by atoms with Gasteiger partial charge in [-0.3, -0.25) is 4.72 Å². The van der Waals surface area contributed by atoms with Gasteiger partial charge < -0.3 is 5.32 Å². The molecule has 0 aliphatic rings. The Labute approximate surface area is 146 Å². The van der Waals surface area contributed by atoms with Crippen molar-refractivity contribution >= 4 is 38.4 Å². The minimum Gasteiger partial charge on any atom is -0.355 e. The summed E-state index contributed by atoms with van der Waals surface area (Å²) in [5.74, 6) is 0. The van der Waals surface area contributed by atoms with Gasteiger partial charge in [0, 0.05) is 21.9 Å². The fourth-order valence-corrected chi connectivity index (χ4v) is 4.59. The second kappa shape index (κ2) is 6.67. The highest BCUT2D eigenvalue weighted by Gasteiger charge is 2.16. The van der Waals surface area contributed by atoms with Crippen molar-refractivity contribution in [2.45, 2.75) is 18.1 Å². The van der Waals surface area contributed by atoms with Crippen molar-refractivity contribution in [3.8, 4) is 0 Å². The van der Waals surface area contributed by atoms with E-state index in [0.29, 0.717) is 9.90 Å². The molecule has 3 aromatic rings. The maximum Gasteiger partial charge on any atom is 0.271 e. The molecule has 1 heterocycles. The summed E-state index contributed by atoms with van der Waals surface area (Å²) in [5, 5.41) is 3.32. The number of hydrogen-bond acceptors (Lipinski definition) is 4. The third-order valence-electron chi connectivity index (χ3n) is 3.54. The van der Waals surface area contributed by atoms with Gasteiger partial charge in [-0.25, -0.2) is 8.42 Å². The number of thiophene rings is 1. The standard InChI is InChI=1S/C18H18N2O2S2/c1-13-5-3-4-6-17(13)19-15-8-10-16(11-9-15)20-24(21,22)18-12-7-14(2)23-18/h3-12,19-20H,1-2H3. The number of hydrogen-bond donors (Lipinski definition) is 2. The minimum absolute atomic E-state index is 0.321. The van der Waals surface area contributed by atoms with Gasteiger partial charge in [-0.15, -0.1) is 11.3 Å². The van der Waals surface area contributed by atoms with Crippen molar-refractivity contribution in [2.24, 2.45) is 0 Å². The molecule has 0 spiro atoms. The molecule has 0 atom stereocenters. The van der Waals surface area contributed by atoms with Crippen LogP contribution in [0.15, 0.2) is 64.9 Å². The van der Waals surface area contributed by atoms with Crippen LogP contribution in [-0.4, -0.2) is 8.42 Å². The molecule has 2 aromatic carbocycles. The quantitative estimate of drug-likeness (QED) is 0.681. The van der Waals surface area contributed by atoms with Crippen LogP contribution in [0.3, 0.4) is 0 Å². The van der Waals surface area contributed by atoms with Crippen molar-refractivity contribution in [3.63, 3.8) is 0 Å². The van der Waals surface area contributed by atoms with E-state index in [0.717, 1.165) is 21.8 Å². The van der Waals surface area contributed by atoms with E-state index in [-0.39, 0.29) is 0 Å². The average molecular weight is 358 g/mol. The van der Waals surface area contributed by atoms with E-state index >= 15 is 0 Å². The molecule has 0 amide bonds. The Morgan fingerprint density at radius 3 is 2.12 bits per heavy atom. The molecule has 0 aliphatic heterocycles. The summed E-state index contributed by atoms with van der Waals surface area (Å²) in [7, 11) is -3.52. The van der Waals surface area contributed by atoms with Crippen LogP contribution in [0.25, 0.3) is 0 Å². The van der Waals surface area contributed by atoms with Crippen LogP contribution in [0, 0.1) is 13.8 Å². The lowest BCUT2D eigenvalue weighted by atomic mass is 10.2. The third kappa shape index (κ3) is 3.77. The predicted octanol–water partition coefficient (Wildman–Crippen LogP) is 4.91. The molecule has 2 N–H and O–H groups in total. The summed E-state index contributed by atoms with van der Waals surface area (Å²) in [4.78, 5) is 0.966. The first-order chi connectivity index (χ1) is 11.4. The summed E-state index contributed by atoms with van der Waals surface area (Å²) in [5.41, 5.74) is 3.62. The Bertz CT molecular complexity index is 945. The first kappa shape index (κ1) is 16.5. The van der Waals surface area contributed by atoms with Crippen LogP contribution < -0.4 is 10.0 Å². The zero-order valence-corrected chi connectivity index (χ0v) is 15.0. The molecule has 24 heavy (non-hydrogen) atoms. The van der Waals surface area contributed by atoms with E-state index in [9.17, 15) is 8.42 Å². The topological polar surface area (TPSA) is 58.2 Å². The Kier molecular flexibility index (Phi) is 4.59. The van der Waals surface area contributed by atoms with E-state index in [1.54, 1.807) is 24.3 Å². The minimum atomic E-state index is -3.52. The average Bonchev–Trinajstić information content (AvgIpc) is 2.99. The SMILES string of the molecule is Cc1ccc(S(=O)(=O)Nc2ccc(Nc3ccccc3C)cc2)s1. The Balaban J connectivity index is 1.74. The molecule has 124 valence electrons. The lowest BCUT2D eigenvalue weighted by molar-refractivity contribution is 0.603. The summed E-state index contributed by atoms with van der Waals surface area (Å²) in [6, 6.07) is 18.6. The van der Waals surface area contributed by atoms with Crippen LogP contribution >= 0.6 is 11.3 Å². The van der Waals surface area contributed by atoms with Gasteiger partial charge in [-0.05, 0) is 61.9 Å². The molecule has 1 aromatic heterocycles. The Hall–Kier alpha value is -2.31. The van der Waals surface area contributed by atoms with Crippen LogP contribution in [0.5, 0.6) is 0 Å². The number of sulfonamides is 1. The zero-order valence-electron chi connectivity index (χ0n) is 13.4. The number of anilines is 3. The number of nitrogens with one attached hydrogen (secondary N) is 2. The van der Waals surface area contributed by atoms with Crippen molar-refractivity contribution in [2.75, 3.05) is 10.0 Å². The largest absolute Gasteiger partial charge is 0.355 e. The molecule has 4 nitrogen and oxygen atoms in total. The van der Waals surface area contributed by atoms with E-state index in [1.165, 1.54) is 11.3 Å². The number of para-hydroxylation sites is 1. The fourth-order valence-electron chi connectivity index (χ4n) is 2.25. The van der Waals surface area contributed by atoms with Gasteiger partial charge in [-0.1, -0.05) is 18.2 Å². The summed E-state index contributed by atoms with van der Waals surface area (Å²) in [6.07, 6.45) is 0. The van der Waals surface area contributed by atoms with Gasteiger partial charge in [0.05, 0.1) is 0 Å². The highest BCUT2D eigenvalue weighted by atomic mass is 32.2. The third-order valence-corrected chi connectivity index (χ3v) is 6.42. The van der Waals surface area contributed by atoms with Crippen LogP contribution in [0.1, 0.15) is 10.4 Å². The number of benzene rings is 2. The molecule has 0 radical (unpaired) electrons. The molecule has 0 saturated carbocycles. The van der Waals surface area contributed by atoms with Gasteiger partial charge in [-0.2, -0.15) is 0 Å². The Morgan fingerprint density at radius 1 is 0.833 bits per heavy atom. The first-order valence-corrected chi connectivity index (χ1v) is 9.76. The lowest BCUT2D eigenvalue weighted by Gasteiger charge is -2.11. The number of rotatable bonds is 5. The van der Waals surface area contributed by atoms with Gasteiger partial charge in [0.2, 0.25) is 0 Å². The fraction of sp³-hybridized carbons (Fsp3) is 0.111. The first-order valence-electron chi connectivity index (χ1n) is 7.46. The van der Waals surface area contributed by atoms with E-state index < -0.39 is 10.0 Å². The lowest BCUT2D eigenvalue weighted by Crippen LogP contribution is -2.11. The smallest absolute Gasteiger partial charge is 0.271 e. The summed E-state index contributed by atoms with van der Waals surface area (Å²) < 4.78 is 27.6. The molecule has 6 heteroatoms. The van der Waals surface area contributed by atoms with Gasteiger partial charge in [0.25, 0.3) is 10.0 Å². The van der Waals surface area contributed by atoms with E-state index in [1.807, 2.05) is 50.2 Å². The van der Waals surface area contributed by atoms with Crippen LogP contribution in [0.2, 0.25) is 0 Å². The van der Waals surface area contributed by atoms with E-state index in [4.69, 9.17) is 0 Å². The van der Waals surface area contributed by atoms with Crippen molar-refractivity contribution < 1.29 is 8.42 Å². The summed E-state index contributed by atoms with van der Waals surface area (Å²) in [6.45, 7) is 3.92. The van der Waals surface area contributed by atoms with Crippen molar-refractivity contribution in [1.82, 2.24) is 0 Å². The maximum absolute atomic E-state index is 12.3. The molecular formula is C18H18N2O2S2. The van der Waals surface area contributed by atoms with Gasteiger partial charge in [0.15, 0.2) is 0 Å². The Morgan fingerprint density at radius 2 is 1.50 bits per heavy atom. The maximum atomic E-state index is 12.3. The van der Waals surface area contributed by atoms with Gasteiger partial charge >= 0.3 is 0 Å². The van der Waals surface area contributed by atoms with E-state index in [2.05, 4.69) is 10.0 Å². The zero-order chi connectivity index (χ0) is 17.2. The molecule has 0 saturated heterocycles. The molecule has 0 unspecified atom stereocenters. The highest BCUT2D eigenvalue weighted by Crippen LogP contribution is 2.25. The van der Waals surface area contributed by atoms with Crippen molar-refractivity contribution in [1.29, 1.82) is 0 Å². The number of aryl methyl sites for hydroxylation is 2. The monoisotopic (exact) mass is 358 g/mol. The molecule has 3 rings (SSSR count).